The molecule has 3 atom stereocenters. The van der Waals surface area contributed by atoms with Crippen LogP contribution in [0, 0.1) is 5.92 Å². The summed E-state index contributed by atoms with van der Waals surface area (Å²) in [5.41, 5.74) is 0.436. The summed E-state index contributed by atoms with van der Waals surface area (Å²) >= 11 is 0. The maximum Gasteiger partial charge on any atom is 0.255 e. The largest absolute Gasteiger partial charge is 0.496 e. The van der Waals surface area contributed by atoms with Crippen molar-refractivity contribution < 1.29 is 19.1 Å². The molecule has 7 heteroatoms. The van der Waals surface area contributed by atoms with Crippen LogP contribution in [0.15, 0.2) is 24.3 Å². The van der Waals surface area contributed by atoms with Gasteiger partial charge in [0.25, 0.3) is 5.91 Å². The Bertz CT molecular complexity index is 703. The predicted octanol–water partition coefficient (Wildman–Crippen LogP) is 0.549. The van der Waals surface area contributed by atoms with Crippen LogP contribution in [0.5, 0.6) is 5.75 Å². The zero-order valence-corrected chi connectivity index (χ0v) is 14.6. The van der Waals surface area contributed by atoms with E-state index < -0.39 is 12.1 Å². The highest BCUT2D eigenvalue weighted by Crippen LogP contribution is 2.25. The molecule has 25 heavy (non-hydrogen) atoms. The number of fused-ring (bicyclic) bond motifs is 1. The van der Waals surface area contributed by atoms with Crippen molar-refractivity contribution in [3.8, 4) is 5.75 Å². The number of nitrogens with zero attached hydrogens (tertiary/aromatic N) is 1. The van der Waals surface area contributed by atoms with E-state index in [0.29, 0.717) is 24.3 Å². The summed E-state index contributed by atoms with van der Waals surface area (Å²) in [6, 6.07) is 5.70. The smallest absolute Gasteiger partial charge is 0.255 e. The predicted molar refractivity (Wildman–Crippen MR) is 91.1 cm³/mol. The minimum absolute atomic E-state index is 0.0274. The first-order valence-electron chi connectivity index (χ1n) is 8.47. The molecule has 2 heterocycles. The molecule has 2 fully saturated rings. The van der Waals surface area contributed by atoms with Crippen LogP contribution in [0.1, 0.15) is 30.6 Å². The second-order valence-electron chi connectivity index (χ2n) is 6.84. The number of benzene rings is 1. The number of carbonyl (C=O) groups excluding carboxylic acids is 3. The second-order valence-corrected chi connectivity index (χ2v) is 6.84. The molecule has 7 nitrogen and oxygen atoms in total. The summed E-state index contributed by atoms with van der Waals surface area (Å²) in [4.78, 5) is 39.0. The van der Waals surface area contributed by atoms with Crippen LogP contribution in [-0.2, 0) is 9.59 Å². The van der Waals surface area contributed by atoms with Crippen LogP contribution in [0.25, 0.3) is 0 Å². The number of nitrogens with one attached hydrogen (secondary N) is 2. The van der Waals surface area contributed by atoms with Gasteiger partial charge in [0.05, 0.1) is 12.7 Å². The number of hydrogen-bond donors (Lipinski definition) is 2. The Morgan fingerprint density at radius 1 is 1.32 bits per heavy atom. The molecule has 2 aliphatic heterocycles. The molecule has 0 unspecified atom stereocenters. The fourth-order valence-electron chi connectivity index (χ4n) is 3.47. The van der Waals surface area contributed by atoms with Gasteiger partial charge in [-0.05, 0) is 24.5 Å². The lowest BCUT2D eigenvalue weighted by molar-refractivity contribution is -0.148. The van der Waals surface area contributed by atoms with E-state index >= 15 is 0 Å². The maximum atomic E-state index is 12.6. The molecule has 0 aromatic heterocycles. The van der Waals surface area contributed by atoms with E-state index in [1.807, 2.05) is 13.8 Å². The van der Waals surface area contributed by atoms with Crippen molar-refractivity contribution in [1.82, 2.24) is 15.5 Å². The van der Waals surface area contributed by atoms with E-state index in [0.717, 1.165) is 0 Å². The fraction of sp³-hybridized carbons (Fsp3) is 0.500. The summed E-state index contributed by atoms with van der Waals surface area (Å²) < 4.78 is 5.21. The van der Waals surface area contributed by atoms with Crippen LogP contribution in [0.2, 0.25) is 0 Å². The number of amides is 3. The molecule has 134 valence electrons. The third kappa shape index (κ3) is 3.18. The van der Waals surface area contributed by atoms with Gasteiger partial charge in [0.1, 0.15) is 17.8 Å². The fourth-order valence-corrected chi connectivity index (χ4v) is 3.47. The SMILES string of the molecule is COc1ccccc1C(=O)N[C@H]1C[C@H]2C(=O)N[C@@H](C(C)C)C(=O)N2C1. The average molecular weight is 345 g/mol. The van der Waals surface area contributed by atoms with E-state index in [1.165, 1.54) is 7.11 Å². The van der Waals surface area contributed by atoms with Crippen molar-refractivity contribution in [1.29, 1.82) is 0 Å². The first-order chi connectivity index (χ1) is 11.9. The van der Waals surface area contributed by atoms with Crippen molar-refractivity contribution >= 4 is 17.7 Å². The van der Waals surface area contributed by atoms with Crippen LogP contribution in [0.4, 0.5) is 0 Å². The van der Waals surface area contributed by atoms with E-state index in [4.69, 9.17) is 4.74 Å². The van der Waals surface area contributed by atoms with Crippen LogP contribution >= 0.6 is 0 Å². The Hall–Kier alpha value is -2.57. The number of piperazine rings is 1. The summed E-state index contributed by atoms with van der Waals surface area (Å²) in [6.07, 6.45) is 0.420. The Morgan fingerprint density at radius 2 is 2.04 bits per heavy atom. The van der Waals surface area contributed by atoms with Crippen molar-refractivity contribution in [3.63, 3.8) is 0 Å². The molecular formula is C18H23N3O4. The molecule has 0 radical (unpaired) electrons. The quantitative estimate of drug-likeness (QED) is 0.834. The molecule has 3 rings (SSSR count). The lowest BCUT2D eigenvalue weighted by atomic mass is 9.98. The molecule has 2 N–H and O–H groups in total. The maximum absolute atomic E-state index is 12.6. The Kier molecular flexibility index (Phi) is 4.65. The first-order valence-corrected chi connectivity index (χ1v) is 8.47. The van der Waals surface area contributed by atoms with Crippen LogP contribution in [0.3, 0.4) is 0 Å². The van der Waals surface area contributed by atoms with Crippen molar-refractivity contribution in [2.75, 3.05) is 13.7 Å². The van der Waals surface area contributed by atoms with Gasteiger partial charge in [-0.25, -0.2) is 0 Å². The van der Waals surface area contributed by atoms with Gasteiger partial charge in [-0.15, -0.1) is 0 Å². The molecule has 0 aliphatic carbocycles. The lowest BCUT2D eigenvalue weighted by Gasteiger charge is -2.36. The number of carbonyl (C=O) groups is 3. The Morgan fingerprint density at radius 3 is 2.72 bits per heavy atom. The number of para-hydroxylation sites is 1. The van der Waals surface area contributed by atoms with Crippen LogP contribution < -0.4 is 15.4 Å². The highest BCUT2D eigenvalue weighted by atomic mass is 16.5. The van der Waals surface area contributed by atoms with E-state index in [2.05, 4.69) is 10.6 Å². The molecule has 2 saturated heterocycles. The minimum Gasteiger partial charge on any atom is -0.496 e. The van der Waals surface area contributed by atoms with Gasteiger partial charge < -0.3 is 20.3 Å². The molecular weight excluding hydrogens is 322 g/mol. The van der Waals surface area contributed by atoms with Gasteiger partial charge in [0, 0.05) is 12.6 Å². The van der Waals surface area contributed by atoms with Gasteiger partial charge in [0.15, 0.2) is 0 Å². The zero-order chi connectivity index (χ0) is 18.1. The molecule has 2 aliphatic rings. The zero-order valence-electron chi connectivity index (χ0n) is 14.6. The summed E-state index contributed by atoms with van der Waals surface area (Å²) in [6.45, 7) is 4.15. The average Bonchev–Trinajstić information content (AvgIpc) is 3.02. The monoisotopic (exact) mass is 345 g/mol. The summed E-state index contributed by atoms with van der Waals surface area (Å²) in [5, 5.41) is 5.72. The van der Waals surface area contributed by atoms with Gasteiger partial charge in [-0.2, -0.15) is 0 Å². The third-order valence-electron chi connectivity index (χ3n) is 4.80. The molecule has 1 aromatic rings. The summed E-state index contributed by atoms with van der Waals surface area (Å²) in [7, 11) is 1.51. The molecule has 0 spiro atoms. The lowest BCUT2D eigenvalue weighted by Crippen LogP contribution is -2.62. The minimum atomic E-state index is -0.509. The topological polar surface area (TPSA) is 87.7 Å². The van der Waals surface area contributed by atoms with Gasteiger partial charge in [0.2, 0.25) is 11.8 Å². The third-order valence-corrected chi connectivity index (χ3v) is 4.80. The first kappa shape index (κ1) is 17.3. The number of methoxy groups -OCH3 is 1. The van der Waals surface area contributed by atoms with Crippen molar-refractivity contribution in [3.05, 3.63) is 29.8 Å². The normalized spacial score (nSPS) is 25.6. The van der Waals surface area contributed by atoms with E-state index in [1.54, 1.807) is 29.2 Å². The van der Waals surface area contributed by atoms with Gasteiger partial charge in [-0.1, -0.05) is 26.0 Å². The second kappa shape index (κ2) is 6.74. The van der Waals surface area contributed by atoms with Crippen LogP contribution in [-0.4, -0.2) is 54.4 Å². The molecule has 0 saturated carbocycles. The number of hydrogen-bond acceptors (Lipinski definition) is 4. The van der Waals surface area contributed by atoms with Gasteiger partial charge in [-0.3, -0.25) is 14.4 Å². The highest BCUT2D eigenvalue weighted by Gasteiger charge is 2.47. The van der Waals surface area contributed by atoms with Crippen molar-refractivity contribution in [2.24, 2.45) is 5.92 Å². The molecule has 1 aromatic carbocycles. The molecule has 0 bridgehead atoms. The molecule has 3 amide bonds. The van der Waals surface area contributed by atoms with Gasteiger partial charge >= 0.3 is 0 Å². The number of ether oxygens (including phenoxy) is 1. The van der Waals surface area contributed by atoms with E-state index in [9.17, 15) is 14.4 Å². The Labute approximate surface area is 146 Å². The van der Waals surface area contributed by atoms with Crippen molar-refractivity contribution in [2.45, 2.75) is 38.4 Å². The summed E-state index contributed by atoms with van der Waals surface area (Å²) in [5.74, 6) is 0.0283. The van der Waals surface area contributed by atoms with E-state index in [-0.39, 0.29) is 29.7 Å². The standard InChI is InChI=1S/C18H23N3O4/c1-10(2)15-18(24)21-9-11(8-13(21)17(23)20-15)19-16(22)12-6-4-5-7-14(12)25-3/h4-7,10-11,13,15H,8-9H2,1-3H3,(H,19,22)(H,20,23)/t11-,13-,15-/m0/s1. The number of rotatable bonds is 4. The highest BCUT2D eigenvalue weighted by molar-refractivity contribution is 5.99. The Balaban J connectivity index is 1.71.